The van der Waals surface area contributed by atoms with Crippen molar-refractivity contribution in [3.8, 4) is 0 Å². The quantitative estimate of drug-likeness (QED) is 0.263. The molecule has 0 aromatic rings. The van der Waals surface area contributed by atoms with E-state index in [0.717, 1.165) is 6.42 Å². The number of hydrogen-bond acceptors (Lipinski definition) is 2. The van der Waals surface area contributed by atoms with Gasteiger partial charge in [0.25, 0.3) is 0 Å². The van der Waals surface area contributed by atoms with Crippen molar-refractivity contribution in [3.63, 3.8) is 0 Å². The van der Waals surface area contributed by atoms with Crippen LogP contribution in [0, 0.1) is 0 Å². The molecule has 5 nitrogen and oxygen atoms in total. The molecule has 0 unspecified atom stereocenters. The van der Waals surface area contributed by atoms with Crippen LogP contribution in [0.2, 0.25) is 0 Å². The predicted octanol–water partition coefficient (Wildman–Crippen LogP) is -1.47. The van der Waals surface area contributed by atoms with E-state index in [-0.39, 0.29) is 31.0 Å². The molecule has 0 aromatic heterocycles. The Balaban J connectivity index is -0.0000000904. The summed E-state index contributed by atoms with van der Waals surface area (Å²) in [5, 5.41) is 8.42. The van der Waals surface area contributed by atoms with Gasteiger partial charge in [0, 0.05) is 6.61 Å². The third kappa shape index (κ3) is 51.5. The minimum atomic E-state index is -4.64. The van der Waals surface area contributed by atoms with E-state index in [0.29, 0.717) is 6.61 Å². The van der Waals surface area contributed by atoms with E-state index in [9.17, 15) is 0 Å². The fourth-order valence-electron chi connectivity index (χ4n) is 0.892. The minimum Gasteiger partial charge on any atom is -1.00 e. The van der Waals surface area contributed by atoms with Crippen molar-refractivity contribution in [2.45, 2.75) is 45.4 Å². The summed E-state index contributed by atoms with van der Waals surface area (Å²) in [7, 11) is -4.64. The average molecular weight is 252 g/mol. The maximum atomic E-state index is 8.88. The van der Waals surface area contributed by atoms with Crippen LogP contribution in [0.5, 0.6) is 0 Å². The molecule has 0 fully saturated rings. The number of aliphatic hydroxyl groups is 1. The molecule has 4 N–H and O–H groups in total. The van der Waals surface area contributed by atoms with E-state index in [4.69, 9.17) is 24.4 Å². The third-order valence-corrected chi connectivity index (χ3v) is 1.51. The molecule has 0 spiro atoms. The first kappa shape index (κ1) is 21.4. The van der Waals surface area contributed by atoms with E-state index in [1.165, 1.54) is 32.1 Å². The molecule has 0 aliphatic rings. The van der Waals surface area contributed by atoms with Crippen molar-refractivity contribution >= 4 is 7.82 Å². The summed E-state index contributed by atoms with van der Waals surface area (Å²) in [6.45, 7) is 2.58. The van der Waals surface area contributed by atoms with Gasteiger partial charge in [-0.2, -0.15) is 0 Å². The minimum absolute atomic E-state index is 0. The van der Waals surface area contributed by atoms with E-state index in [1.54, 1.807) is 0 Å². The van der Waals surface area contributed by atoms with Gasteiger partial charge in [-0.1, -0.05) is 39.0 Å². The Morgan fingerprint density at radius 3 is 1.67 bits per heavy atom. The maximum absolute atomic E-state index is 8.88. The molecule has 0 heterocycles. The topological polar surface area (TPSA) is 98.0 Å². The van der Waals surface area contributed by atoms with Crippen molar-refractivity contribution in [1.82, 2.24) is 0 Å². The summed E-state index contributed by atoms with van der Waals surface area (Å²) < 4.78 is 8.88. The Morgan fingerprint density at radius 1 is 1.00 bits per heavy atom. The maximum Gasteiger partial charge on any atom is 1.00 e. The van der Waals surface area contributed by atoms with Crippen molar-refractivity contribution in [1.29, 1.82) is 0 Å². The molecule has 0 radical (unpaired) electrons. The monoisotopic (exact) mass is 252 g/mol. The zero-order valence-electron chi connectivity index (χ0n) is 10.6. The summed E-state index contributed by atoms with van der Waals surface area (Å²) in [4.78, 5) is 21.6. The van der Waals surface area contributed by atoms with Crippen LogP contribution in [-0.4, -0.2) is 26.4 Å². The average Bonchev–Trinajstić information content (AvgIpc) is 2.01. The first-order chi connectivity index (χ1) is 6.41. The van der Waals surface area contributed by atoms with Crippen LogP contribution in [0.15, 0.2) is 0 Å². The molecule has 0 bridgehead atoms. The molecule has 0 amide bonds. The Kier molecular flexibility index (Phi) is 21.5. The van der Waals surface area contributed by atoms with Gasteiger partial charge in [0.2, 0.25) is 0 Å². The second kappa shape index (κ2) is 15.1. The Bertz CT molecular complexity index is 141. The standard InChI is InChI=1S/C8H18O.Na.H3O4P.H/c1-2-3-4-5-6-7-8-9;;1-5(2,3)4;/h9H,2-8H2,1H3;;(H3,1,2,3,4);/q;+1;;-1. The Morgan fingerprint density at radius 2 is 1.33 bits per heavy atom. The summed E-state index contributed by atoms with van der Waals surface area (Å²) in [5.74, 6) is 0. The van der Waals surface area contributed by atoms with Gasteiger partial charge in [-0.3, -0.25) is 0 Å². The van der Waals surface area contributed by atoms with Crippen LogP contribution in [0.3, 0.4) is 0 Å². The third-order valence-electron chi connectivity index (χ3n) is 1.51. The number of unbranched alkanes of at least 4 members (excludes halogenated alkanes) is 5. The normalized spacial score (nSPS) is 9.93. The Hall–Kier alpha value is 1.07. The largest absolute Gasteiger partial charge is 1.00 e. The summed E-state index contributed by atoms with van der Waals surface area (Å²) in [6, 6.07) is 0. The van der Waals surface area contributed by atoms with Gasteiger partial charge >= 0.3 is 37.4 Å². The number of hydrogen-bond donors (Lipinski definition) is 4. The van der Waals surface area contributed by atoms with E-state index in [1.807, 2.05) is 0 Å². The van der Waals surface area contributed by atoms with Gasteiger partial charge in [-0.05, 0) is 6.42 Å². The molecular weight excluding hydrogens is 230 g/mol. The zero-order chi connectivity index (χ0) is 11.4. The van der Waals surface area contributed by atoms with Gasteiger partial charge in [0.1, 0.15) is 0 Å². The first-order valence-corrected chi connectivity index (χ1v) is 6.37. The molecule has 0 aromatic carbocycles. The fourth-order valence-corrected chi connectivity index (χ4v) is 0.892. The molecule has 0 aliphatic carbocycles. The molecular formula is C8H22NaO5P. The fraction of sp³-hybridized carbons (Fsp3) is 1.00. The van der Waals surface area contributed by atoms with Crippen molar-refractivity contribution in [3.05, 3.63) is 0 Å². The van der Waals surface area contributed by atoms with E-state index < -0.39 is 7.82 Å². The summed E-state index contributed by atoms with van der Waals surface area (Å²) >= 11 is 0. The van der Waals surface area contributed by atoms with Crippen LogP contribution in [-0.2, 0) is 4.57 Å². The van der Waals surface area contributed by atoms with Gasteiger partial charge in [-0.25, -0.2) is 4.57 Å². The second-order valence-corrected chi connectivity index (χ2v) is 4.03. The molecule has 15 heavy (non-hydrogen) atoms. The Labute approximate surface area is 115 Å². The van der Waals surface area contributed by atoms with Crippen molar-refractivity contribution < 1.29 is 55.3 Å². The van der Waals surface area contributed by atoms with Crippen LogP contribution >= 0.6 is 7.82 Å². The molecule has 0 rings (SSSR count). The number of aliphatic hydroxyl groups excluding tert-OH is 1. The van der Waals surface area contributed by atoms with Crippen LogP contribution in [0.1, 0.15) is 46.9 Å². The van der Waals surface area contributed by atoms with Crippen LogP contribution in [0.25, 0.3) is 0 Å². The van der Waals surface area contributed by atoms with Crippen LogP contribution in [0.4, 0.5) is 0 Å². The van der Waals surface area contributed by atoms with E-state index >= 15 is 0 Å². The molecule has 0 aliphatic heterocycles. The van der Waals surface area contributed by atoms with Gasteiger partial charge in [-0.15, -0.1) is 0 Å². The molecule has 0 saturated heterocycles. The number of rotatable bonds is 6. The first-order valence-electron chi connectivity index (χ1n) is 4.81. The SMILES string of the molecule is CCCCCCCCO.O=P(O)(O)O.[H-].[Na+]. The van der Waals surface area contributed by atoms with Crippen LogP contribution < -0.4 is 29.6 Å². The molecule has 7 heteroatoms. The molecule has 0 saturated carbocycles. The molecule has 90 valence electrons. The van der Waals surface area contributed by atoms with E-state index in [2.05, 4.69) is 6.92 Å². The van der Waals surface area contributed by atoms with Gasteiger partial charge in [0.15, 0.2) is 0 Å². The van der Waals surface area contributed by atoms with Crippen molar-refractivity contribution in [2.75, 3.05) is 6.61 Å². The zero-order valence-corrected chi connectivity index (χ0v) is 12.5. The van der Waals surface area contributed by atoms with Crippen molar-refractivity contribution in [2.24, 2.45) is 0 Å². The molecule has 0 atom stereocenters. The smallest absolute Gasteiger partial charge is 1.00 e. The second-order valence-electron chi connectivity index (χ2n) is 3.00. The number of phosphoric acid groups is 1. The summed E-state index contributed by atoms with van der Waals surface area (Å²) in [6.07, 6.45) is 7.50. The van der Waals surface area contributed by atoms with Gasteiger partial charge < -0.3 is 21.2 Å². The summed E-state index contributed by atoms with van der Waals surface area (Å²) in [5.41, 5.74) is 0. The predicted molar refractivity (Wildman–Crippen MR) is 55.8 cm³/mol. The van der Waals surface area contributed by atoms with Gasteiger partial charge in [0.05, 0.1) is 0 Å².